The SMILES string of the molecule is CCN(CCC(=O)O)c1ccc(C(N)=O)cc1[N+](=O)[O-]. The maximum atomic E-state index is 11.1. The molecule has 1 aromatic rings. The van der Waals surface area contributed by atoms with Gasteiger partial charge in [-0.05, 0) is 19.1 Å². The van der Waals surface area contributed by atoms with E-state index in [0.717, 1.165) is 6.07 Å². The van der Waals surface area contributed by atoms with Gasteiger partial charge in [-0.15, -0.1) is 0 Å². The van der Waals surface area contributed by atoms with Crippen LogP contribution in [0, 0.1) is 10.1 Å². The lowest BCUT2D eigenvalue weighted by Gasteiger charge is -2.22. The van der Waals surface area contributed by atoms with Crippen molar-refractivity contribution in [1.82, 2.24) is 0 Å². The number of carboxylic acid groups (broad SMARTS) is 1. The molecule has 0 aromatic heterocycles. The van der Waals surface area contributed by atoms with E-state index in [9.17, 15) is 19.7 Å². The van der Waals surface area contributed by atoms with Gasteiger partial charge in [0.1, 0.15) is 5.69 Å². The highest BCUT2D eigenvalue weighted by Crippen LogP contribution is 2.29. The number of aliphatic carboxylic acids is 1. The van der Waals surface area contributed by atoms with Gasteiger partial charge in [-0.3, -0.25) is 19.7 Å². The summed E-state index contributed by atoms with van der Waals surface area (Å²) in [5.74, 6) is -1.74. The number of rotatable bonds is 7. The van der Waals surface area contributed by atoms with Crippen LogP contribution in [0.1, 0.15) is 23.7 Å². The van der Waals surface area contributed by atoms with Crippen molar-refractivity contribution in [2.75, 3.05) is 18.0 Å². The number of nitro groups is 1. The zero-order valence-corrected chi connectivity index (χ0v) is 10.9. The van der Waals surface area contributed by atoms with Crippen LogP contribution in [-0.4, -0.2) is 35.0 Å². The summed E-state index contributed by atoms with van der Waals surface area (Å²) in [4.78, 5) is 33.7. The third kappa shape index (κ3) is 3.67. The third-order valence-electron chi connectivity index (χ3n) is 2.77. The molecule has 108 valence electrons. The maximum Gasteiger partial charge on any atom is 0.305 e. The molecule has 0 radical (unpaired) electrons. The number of hydrogen-bond donors (Lipinski definition) is 2. The predicted molar refractivity (Wildman–Crippen MR) is 71.8 cm³/mol. The molecule has 0 saturated carbocycles. The Morgan fingerprint density at radius 3 is 2.55 bits per heavy atom. The van der Waals surface area contributed by atoms with Gasteiger partial charge in [-0.25, -0.2) is 0 Å². The molecule has 3 N–H and O–H groups in total. The Kier molecular flexibility index (Phi) is 5.01. The molecular weight excluding hydrogens is 266 g/mol. The second-order valence-electron chi connectivity index (χ2n) is 4.05. The summed E-state index contributed by atoms with van der Waals surface area (Å²) in [7, 11) is 0. The molecule has 0 aliphatic heterocycles. The van der Waals surface area contributed by atoms with Crippen LogP contribution in [0.15, 0.2) is 18.2 Å². The minimum absolute atomic E-state index is 0.0368. The Bertz CT molecular complexity index is 544. The largest absolute Gasteiger partial charge is 0.481 e. The minimum atomic E-state index is -0.986. The highest BCUT2D eigenvalue weighted by atomic mass is 16.6. The number of anilines is 1. The molecule has 0 fully saturated rings. The van der Waals surface area contributed by atoms with Crippen molar-refractivity contribution in [1.29, 1.82) is 0 Å². The van der Waals surface area contributed by atoms with Gasteiger partial charge in [0.2, 0.25) is 5.91 Å². The molecule has 0 saturated heterocycles. The van der Waals surface area contributed by atoms with E-state index >= 15 is 0 Å². The molecule has 0 bridgehead atoms. The van der Waals surface area contributed by atoms with Crippen molar-refractivity contribution in [3.63, 3.8) is 0 Å². The predicted octanol–water partition coefficient (Wildman–Crippen LogP) is 0.995. The molecule has 0 heterocycles. The Morgan fingerprint density at radius 2 is 2.10 bits per heavy atom. The van der Waals surface area contributed by atoms with Gasteiger partial charge in [-0.2, -0.15) is 0 Å². The van der Waals surface area contributed by atoms with E-state index in [1.165, 1.54) is 12.1 Å². The second-order valence-corrected chi connectivity index (χ2v) is 4.05. The van der Waals surface area contributed by atoms with Crippen LogP contribution < -0.4 is 10.6 Å². The first-order chi connectivity index (χ1) is 9.36. The summed E-state index contributed by atoms with van der Waals surface area (Å²) >= 11 is 0. The zero-order chi connectivity index (χ0) is 15.3. The van der Waals surface area contributed by atoms with Gasteiger partial charge < -0.3 is 15.7 Å². The highest BCUT2D eigenvalue weighted by molar-refractivity contribution is 5.94. The van der Waals surface area contributed by atoms with E-state index in [1.54, 1.807) is 11.8 Å². The first-order valence-corrected chi connectivity index (χ1v) is 5.91. The number of primary amides is 1. The van der Waals surface area contributed by atoms with E-state index in [4.69, 9.17) is 10.8 Å². The Morgan fingerprint density at radius 1 is 1.45 bits per heavy atom. The smallest absolute Gasteiger partial charge is 0.305 e. The molecule has 0 unspecified atom stereocenters. The van der Waals surface area contributed by atoms with Crippen molar-refractivity contribution in [2.45, 2.75) is 13.3 Å². The van der Waals surface area contributed by atoms with E-state index in [2.05, 4.69) is 0 Å². The summed E-state index contributed by atoms with van der Waals surface area (Å²) in [5.41, 5.74) is 5.12. The molecular formula is C12H15N3O5. The fourth-order valence-corrected chi connectivity index (χ4v) is 1.77. The average Bonchev–Trinajstić information content (AvgIpc) is 2.38. The molecule has 0 spiro atoms. The topological polar surface area (TPSA) is 127 Å². The average molecular weight is 281 g/mol. The van der Waals surface area contributed by atoms with E-state index in [-0.39, 0.29) is 29.9 Å². The summed E-state index contributed by atoms with van der Waals surface area (Å²) in [6, 6.07) is 3.89. The number of nitrogens with zero attached hydrogens (tertiary/aromatic N) is 2. The van der Waals surface area contributed by atoms with Crippen molar-refractivity contribution in [3.8, 4) is 0 Å². The number of hydrogen-bond acceptors (Lipinski definition) is 5. The van der Waals surface area contributed by atoms with Gasteiger partial charge in [0.05, 0.1) is 11.3 Å². The van der Waals surface area contributed by atoms with Crippen LogP contribution in [0.2, 0.25) is 0 Å². The van der Waals surface area contributed by atoms with Gasteiger partial charge in [0.15, 0.2) is 0 Å². The number of nitro benzene ring substituents is 1. The van der Waals surface area contributed by atoms with Crippen LogP contribution in [-0.2, 0) is 4.79 Å². The lowest BCUT2D eigenvalue weighted by atomic mass is 10.1. The fraction of sp³-hybridized carbons (Fsp3) is 0.333. The quantitative estimate of drug-likeness (QED) is 0.567. The molecule has 1 aromatic carbocycles. The van der Waals surface area contributed by atoms with Crippen LogP contribution in [0.4, 0.5) is 11.4 Å². The standard InChI is InChI=1S/C12H15N3O5/c1-2-14(6-5-11(16)17)9-4-3-8(12(13)18)7-10(9)15(19)20/h3-4,7H,2,5-6H2,1H3,(H2,13,18)(H,16,17). The van der Waals surface area contributed by atoms with Crippen molar-refractivity contribution in [2.24, 2.45) is 5.73 Å². The molecule has 0 atom stereocenters. The van der Waals surface area contributed by atoms with E-state index in [0.29, 0.717) is 6.54 Å². The lowest BCUT2D eigenvalue weighted by Crippen LogP contribution is -2.26. The second kappa shape index (κ2) is 6.50. The highest BCUT2D eigenvalue weighted by Gasteiger charge is 2.20. The van der Waals surface area contributed by atoms with Crippen molar-refractivity contribution >= 4 is 23.3 Å². The Balaban J connectivity index is 3.17. The molecule has 0 aliphatic carbocycles. The van der Waals surface area contributed by atoms with Gasteiger partial charge in [0.25, 0.3) is 5.69 Å². The number of carbonyl (C=O) groups excluding carboxylic acids is 1. The summed E-state index contributed by atoms with van der Waals surface area (Å²) in [5, 5.41) is 19.7. The van der Waals surface area contributed by atoms with Crippen LogP contribution in [0.25, 0.3) is 0 Å². The van der Waals surface area contributed by atoms with Gasteiger partial charge >= 0.3 is 5.97 Å². The fourth-order valence-electron chi connectivity index (χ4n) is 1.77. The molecule has 8 nitrogen and oxygen atoms in total. The van der Waals surface area contributed by atoms with Crippen LogP contribution in [0.3, 0.4) is 0 Å². The number of nitrogens with two attached hydrogens (primary N) is 1. The zero-order valence-electron chi connectivity index (χ0n) is 10.9. The molecule has 1 rings (SSSR count). The third-order valence-corrected chi connectivity index (χ3v) is 2.77. The van der Waals surface area contributed by atoms with Gasteiger partial charge in [-0.1, -0.05) is 0 Å². The summed E-state index contributed by atoms with van der Waals surface area (Å²) in [6.07, 6.45) is -0.136. The van der Waals surface area contributed by atoms with Crippen LogP contribution >= 0.6 is 0 Å². The summed E-state index contributed by atoms with van der Waals surface area (Å²) in [6.45, 7) is 2.31. The van der Waals surface area contributed by atoms with E-state index in [1.807, 2.05) is 0 Å². The summed E-state index contributed by atoms with van der Waals surface area (Å²) < 4.78 is 0. The molecule has 0 aliphatic rings. The molecule has 8 heteroatoms. The molecule has 1 amide bonds. The van der Waals surface area contributed by atoms with Gasteiger partial charge in [0, 0.05) is 24.7 Å². The van der Waals surface area contributed by atoms with E-state index < -0.39 is 16.8 Å². The normalized spacial score (nSPS) is 10.1. The van der Waals surface area contributed by atoms with Crippen molar-refractivity contribution in [3.05, 3.63) is 33.9 Å². The minimum Gasteiger partial charge on any atom is -0.481 e. The lowest BCUT2D eigenvalue weighted by molar-refractivity contribution is -0.384. The Hall–Kier alpha value is -2.64. The molecule has 20 heavy (non-hydrogen) atoms. The first kappa shape index (κ1) is 15.4. The number of benzene rings is 1. The number of carbonyl (C=O) groups is 2. The number of amides is 1. The van der Waals surface area contributed by atoms with Crippen molar-refractivity contribution < 1.29 is 19.6 Å². The monoisotopic (exact) mass is 281 g/mol. The van der Waals surface area contributed by atoms with Crippen LogP contribution in [0.5, 0.6) is 0 Å². The Labute approximate surface area is 114 Å². The first-order valence-electron chi connectivity index (χ1n) is 5.91. The number of carboxylic acids is 1. The maximum absolute atomic E-state index is 11.1.